The normalized spacial score (nSPS) is 10.5. The molecule has 3 rings (SSSR count). The molecule has 0 aliphatic rings. The van der Waals surface area contributed by atoms with Crippen molar-refractivity contribution in [3.8, 4) is 11.3 Å². The van der Waals surface area contributed by atoms with Crippen LogP contribution in [0.25, 0.3) is 22.3 Å². The van der Waals surface area contributed by atoms with Crippen LogP contribution in [0.2, 0.25) is 0 Å². The molecular formula is C17H14N2O2. The fourth-order valence-corrected chi connectivity index (χ4v) is 2.09. The number of carbonyl (C=O) groups excluding carboxylic acids is 1. The summed E-state index contributed by atoms with van der Waals surface area (Å²) < 4.78 is 4.96. The molecule has 1 heterocycles. The van der Waals surface area contributed by atoms with Gasteiger partial charge >= 0.3 is 5.97 Å². The molecule has 0 aliphatic carbocycles. The van der Waals surface area contributed by atoms with Gasteiger partial charge in [0.25, 0.3) is 0 Å². The van der Waals surface area contributed by atoms with E-state index in [2.05, 4.69) is 9.97 Å². The number of ether oxygens (including phenoxy) is 1. The fourth-order valence-electron chi connectivity index (χ4n) is 2.09. The Morgan fingerprint density at radius 3 is 2.48 bits per heavy atom. The fraction of sp³-hybridized carbons (Fsp3) is 0.118. The SMILES string of the molecule is CCOC(=O)c1ccc(-c2cnc3ccccc3n2)cc1. The van der Waals surface area contributed by atoms with E-state index < -0.39 is 0 Å². The van der Waals surface area contributed by atoms with E-state index in [9.17, 15) is 4.79 Å². The van der Waals surface area contributed by atoms with Gasteiger partial charge in [-0.15, -0.1) is 0 Å². The number of para-hydroxylation sites is 2. The summed E-state index contributed by atoms with van der Waals surface area (Å²) in [6.07, 6.45) is 1.74. The second-order valence-corrected chi connectivity index (χ2v) is 4.54. The molecule has 3 aromatic rings. The number of nitrogens with zero attached hydrogens (tertiary/aromatic N) is 2. The van der Waals surface area contributed by atoms with Crippen LogP contribution in [0.3, 0.4) is 0 Å². The Balaban J connectivity index is 1.93. The molecule has 0 radical (unpaired) electrons. The monoisotopic (exact) mass is 278 g/mol. The molecule has 0 fully saturated rings. The summed E-state index contributed by atoms with van der Waals surface area (Å²) in [5, 5.41) is 0. The zero-order valence-electron chi connectivity index (χ0n) is 11.6. The summed E-state index contributed by atoms with van der Waals surface area (Å²) in [4.78, 5) is 20.6. The Labute approximate surface area is 122 Å². The standard InChI is InChI=1S/C17H14N2O2/c1-2-21-17(20)13-9-7-12(8-10-13)16-11-18-14-5-3-4-6-15(14)19-16/h3-11H,2H2,1H3. The molecule has 2 aromatic carbocycles. The summed E-state index contributed by atoms with van der Waals surface area (Å²) >= 11 is 0. The van der Waals surface area contributed by atoms with Gasteiger partial charge in [-0.3, -0.25) is 4.98 Å². The molecule has 104 valence electrons. The van der Waals surface area contributed by atoms with E-state index in [0.29, 0.717) is 12.2 Å². The van der Waals surface area contributed by atoms with E-state index in [-0.39, 0.29) is 5.97 Å². The van der Waals surface area contributed by atoms with Crippen molar-refractivity contribution in [2.75, 3.05) is 6.61 Å². The van der Waals surface area contributed by atoms with Gasteiger partial charge in [0, 0.05) is 5.56 Å². The lowest BCUT2D eigenvalue weighted by Gasteiger charge is -2.04. The molecule has 0 saturated heterocycles. The number of fused-ring (bicyclic) bond motifs is 1. The third-order valence-electron chi connectivity index (χ3n) is 3.14. The average molecular weight is 278 g/mol. The summed E-state index contributed by atoms with van der Waals surface area (Å²) in [5.74, 6) is -0.311. The first kappa shape index (κ1) is 13.2. The van der Waals surface area contributed by atoms with Gasteiger partial charge in [-0.25, -0.2) is 9.78 Å². The van der Waals surface area contributed by atoms with Crippen LogP contribution in [0.1, 0.15) is 17.3 Å². The van der Waals surface area contributed by atoms with Gasteiger partial charge in [0.2, 0.25) is 0 Å². The molecule has 0 bridgehead atoms. The van der Waals surface area contributed by atoms with Crippen LogP contribution < -0.4 is 0 Å². The molecule has 0 atom stereocenters. The lowest BCUT2D eigenvalue weighted by molar-refractivity contribution is 0.0526. The number of hydrogen-bond donors (Lipinski definition) is 0. The zero-order valence-corrected chi connectivity index (χ0v) is 11.6. The first-order valence-electron chi connectivity index (χ1n) is 6.77. The minimum absolute atomic E-state index is 0.311. The molecule has 1 aromatic heterocycles. The Kier molecular flexibility index (Phi) is 3.60. The molecule has 0 amide bonds. The van der Waals surface area contributed by atoms with Gasteiger partial charge in [0.1, 0.15) is 0 Å². The highest BCUT2D eigenvalue weighted by Crippen LogP contribution is 2.19. The van der Waals surface area contributed by atoms with Crippen LogP contribution in [0, 0.1) is 0 Å². The summed E-state index contributed by atoms with van der Waals surface area (Å²) in [5.41, 5.74) is 3.95. The molecule has 21 heavy (non-hydrogen) atoms. The highest BCUT2D eigenvalue weighted by Gasteiger charge is 2.07. The Bertz CT molecular complexity index is 782. The summed E-state index contributed by atoms with van der Waals surface area (Å²) in [6.45, 7) is 2.16. The number of hydrogen-bond acceptors (Lipinski definition) is 4. The topological polar surface area (TPSA) is 52.1 Å². The van der Waals surface area contributed by atoms with Gasteiger partial charge in [-0.05, 0) is 31.2 Å². The van der Waals surface area contributed by atoms with E-state index in [1.54, 1.807) is 25.3 Å². The predicted octanol–water partition coefficient (Wildman–Crippen LogP) is 3.47. The van der Waals surface area contributed by atoms with E-state index in [4.69, 9.17) is 4.74 Å². The van der Waals surface area contributed by atoms with Gasteiger partial charge in [0.05, 0.1) is 35.1 Å². The van der Waals surface area contributed by atoms with Crippen molar-refractivity contribution in [1.29, 1.82) is 0 Å². The number of aromatic nitrogens is 2. The van der Waals surface area contributed by atoms with Crippen molar-refractivity contribution in [3.63, 3.8) is 0 Å². The van der Waals surface area contributed by atoms with Crippen LogP contribution in [-0.2, 0) is 4.74 Å². The maximum absolute atomic E-state index is 11.6. The second-order valence-electron chi connectivity index (χ2n) is 4.54. The van der Waals surface area contributed by atoms with Crippen molar-refractivity contribution >= 4 is 17.0 Å². The second kappa shape index (κ2) is 5.71. The smallest absolute Gasteiger partial charge is 0.338 e. The highest BCUT2D eigenvalue weighted by atomic mass is 16.5. The lowest BCUT2D eigenvalue weighted by Crippen LogP contribution is -2.04. The molecular weight excluding hydrogens is 264 g/mol. The van der Waals surface area contributed by atoms with E-state index in [0.717, 1.165) is 22.3 Å². The summed E-state index contributed by atoms with van der Waals surface area (Å²) in [7, 11) is 0. The van der Waals surface area contributed by atoms with Crippen molar-refractivity contribution in [1.82, 2.24) is 9.97 Å². The lowest BCUT2D eigenvalue weighted by atomic mass is 10.1. The largest absolute Gasteiger partial charge is 0.462 e. The van der Waals surface area contributed by atoms with Crippen molar-refractivity contribution in [3.05, 3.63) is 60.3 Å². The van der Waals surface area contributed by atoms with Crippen LogP contribution in [0.5, 0.6) is 0 Å². The minimum Gasteiger partial charge on any atom is -0.462 e. The van der Waals surface area contributed by atoms with Crippen molar-refractivity contribution in [2.24, 2.45) is 0 Å². The van der Waals surface area contributed by atoms with Gasteiger partial charge < -0.3 is 4.74 Å². The molecule has 4 nitrogen and oxygen atoms in total. The Morgan fingerprint density at radius 1 is 1.05 bits per heavy atom. The number of esters is 1. The Morgan fingerprint density at radius 2 is 1.76 bits per heavy atom. The molecule has 0 spiro atoms. The van der Waals surface area contributed by atoms with Crippen LogP contribution in [0.4, 0.5) is 0 Å². The molecule has 0 N–H and O–H groups in total. The summed E-state index contributed by atoms with van der Waals surface area (Å²) in [6, 6.07) is 14.9. The Hall–Kier alpha value is -2.75. The minimum atomic E-state index is -0.311. The van der Waals surface area contributed by atoms with E-state index in [1.165, 1.54) is 0 Å². The molecule has 0 saturated carbocycles. The van der Waals surface area contributed by atoms with E-state index in [1.807, 2.05) is 36.4 Å². The van der Waals surface area contributed by atoms with Gasteiger partial charge in [-0.2, -0.15) is 0 Å². The van der Waals surface area contributed by atoms with Crippen LogP contribution >= 0.6 is 0 Å². The number of benzene rings is 2. The van der Waals surface area contributed by atoms with Crippen LogP contribution in [0.15, 0.2) is 54.7 Å². The van der Waals surface area contributed by atoms with Crippen molar-refractivity contribution in [2.45, 2.75) is 6.92 Å². The first-order valence-corrected chi connectivity index (χ1v) is 6.77. The van der Waals surface area contributed by atoms with Gasteiger partial charge in [-0.1, -0.05) is 24.3 Å². The molecule has 0 aliphatic heterocycles. The quantitative estimate of drug-likeness (QED) is 0.688. The van der Waals surface area contributed by atoms with E-state index >= 15 is 0 Å². The third-order valence-corrected chi connectivity index (χ3v) is 3.14. The first-order chi connectivity index (χ1) is 10.3. The molecule has 4 heteroatoms. The van der Waals surface area contributed by atoms with Crippen molar-refractivity contribution < 1.29 is 9.53 Å². The zero-order chi connectivity index (χ0) is 14.7. The number of rotatable bonds is 3. The average Bonchev–Trinajstić information content (AvgIpc) is 2.55. The van der Waals surface area contributed by atoms with Gasteiger partial charge in [0.15, 0.2) is 0 Å². The maximum atomic E-state index is 11.6. The van der Waals surface area contributed by atoms with Crippen LogP contribution in [-0.4, -0.2) is 22.5 Å². The molecule has 0 unspecified atom stereocenters. The third kappa shape index (κ3) is 2.74. The maximum Gasteiger partial charge on any atom is 0.338 e. The highest BCUT2D eigenvalue weighted by molar-refractivity contribution is 5.90. The predicted molar refractivity (Wildman–Crippen MR) is 80.9 cm³/mol. The number of carbonyl (C=O) groups is 1.